The molecule has 0 unspecified atom stereocenters. The monoisotopic (exact) mass is 102 g/mol. The minimum atomic E-state index is -0.458. The molecular weight excluding hydrogens is 92.1 g/mol. The third-order valence-electron chi connectivity index (χ3n) is 0.776. The van der Waals surface area contributed by atoms with Gasteiger partial charge in [-0.25, -0.2) is 0 Å². The number of hydrogen-bond acceptors (Lipinski definition) is 3. The maximum absolute atomic E-state index is 10.2. The largest absolute Gasteiger partial charge is 0.328 e. The van der Waals surface area contributed by atoms with Crippen LogP contribution in [0.5, 0.6) is 0 Å². The van der Waals surface area contributed by atoms with Crippen LogP contribution in [0, 0.1) is 0 Å². The van der Waals surface area contributed by atoms with E-state index in [1.54, 1.807) is 0 Å². The normalized spacial score (nSPS) is 13.6. The number of carbonyl (C=O) groups excluding carboxylic acids is 1. The number of ketones is 1. The summed E-state index contributed by atoms with van der Waals surface area (Å²) in [6.07, 6.45) is 0. The van der Waals surface area contributed by atoms with Crippen LogP contribution in [0.15, 0.2) is 0 Å². The summed E-state index contributed by atoms with van der Waals surface area (Å²) in [5.41, 5.74) is 10.2. The molecule has 0 saturated carbocycles. The molecule has 0 aliphatic heterocycles. The zero-order valence-corrected chi connectivity index (χ0v) is 4.35. The van der Waals surface area contributed by atoms with Crippen molar-refractivity contribution in [2.24, 2.45) is 11.5 Å². The Morgan fingerprint density at radius 3 is 2.29 bits per heavy atom. The summed E-state index contributed by atoms with van der Waals surface area (Å²) >= 11 is 0. The van der Waals surface area contributed by atoms with Crippen LogP contribution in [0.2, 0.25) is 0 Å². The number of carbonyl (C=O) groups is 1. The van der Waals surface area contributed by atoms with Crippen molar-refractivity contribution in [3.63, 3.8) is 0 Å². The lowest BCUT2D eigenvalue weighted by Crippen LogP contribution is -2.35. The summed E-state index contributed by atoms with van der Waals surface area (Å²) < 4.78 is 0. The van der Waals surface area contributed by atoms with E-state index in [-0.39, 0.29) is 12.3 Å². The van der Waals surface area contributed by atoms with Crippen molar-refractivity contribution in [3.8, 4) is 0 Å². The van der Waals surface area contributed by atoms with Crippen LogP contribution in [-0.2, 0) is 4.79 Å². The summed E-state index contributed by atoms with van der Waals surface area (Å²) in [5.74, 6) is -0.0532. The van der Waals surface area contributed by atoms with Crippen molar-refractivity contribution < 1.29 is 4.79 Å². The average Bonchev–Trinajstić information content (AvgIpc) is 1.65. The minimum absolute atomic E-state index is 0.0532. The molecule has 0 fully saturated rings. The molecule has 0 amide bonds. The molecule has 3 heteroatoms. The minimum Gasteiger partial charge on any atom is -0.328 e. The summed E-state index contributed by atoms with van der Waals surface area (Å²) in [7, 11) is 0. The highest BCUT2D eigenvalue weighted by molar-refractivity contribution is 5.81. The molecule has 7 heavy (non-hydrogen) atoms. The molecule has 0 aromatic carbocycles. The Morgan fingerprint density at radius 1 is 1.86 bits per heavy atom. The number of nitrogens with two attached hydrogens (primary N) is 2. The first kappa shape index (κ1) is 6.59. The third-order valence-corrected chi connectivity index (χ3v) is 0.776. The van der Waals surface area contributed by atoms with E-state index in [9.17, 15) is 4.79 Å². The lowest BCUT2D eigenvalue weighted by molar-refractivity contribution is -0.117. The maximum atomic E-state index is 10.2. The van der Waals surface area contributed by atoms with Gasteiger partial charge in [0, 0.05) is 6.54 Å². The molecule has 0 aliphatic carbocycles. The van der Waals surface area contributed by atoms with E-state index in [1.165, 1.54) is 6.92 Å². The fraction of sp³-hybridized carbons (Fsp3) is 0.750. The molecule has 0 aromatic heterocycles. The summed E-state index contributed by atoms with van der Waals surface area (Å²) in [6.45, 7) is 1.67. The van der Waals surface area contributed by atoms with Crippen LogP contribution in [0.4, 0.5) is 0 Å². The Labute approximate surface area is 42.7 Å². The van der Waals surface area contributed by atoms with Crippen LogP contribution in [-0.4, -0.2) is 18.4 Å². The highest BCUT2D eigenvalue weighted by Gasteiger charge is 2.01. The van der Waals surface area contributed by atoms with Gasteiger partial charge < -0.3 is 11.5 Å². The molecule has 42 valence electrons. The van der Waals surface area contributed by atoms with Crippen molar-refractivity contribution in [1.82, 2.24) is 0 Å². The fourth-order valence-corrected chi connectivity index (χ4v) is 0.166. The van der Waals surface area contributed by atoms with Gasteiger partial charge in [-0.15, -0.1) is 0 Å². The van der Waals surface area contributed by atoms with Crippen LogP contribution >= 0.6 is 0 Å². The van der Waals surface area contributed by atoms with E-state index in [0.717, 1.165) is 0 Å². The highest BCUT2D eigenvalue weighted by atomic mass is 16.1. The number of Topliss-reactive ketones (excluding diaryl/α,β-unsaturated/α-hetero) is 1. The SMILES string of the molecule is CC(=O)[C@@H](N)CN. The van der Waals surface area contributed by atoms with Crippen molar-refractivity contribution in [2.75, 3.05) is 6.54 Å². The van der Waals surface area contributed by atoms with Gasteiger partial charge in [0.25, 0.3) is 0 Å². The van der Waals surface area contributed by atoms with E-state index in [2.05, 4.69) is 0 Å². The Kier molecular flexibility index (Phi) is 2.55. The molecule has 0 saturated heterocycles. The maximum Gasteiger partial charge on any atom is 0.147 e. The summed E-state index contributed by atoms with van der Waals surface area (Å²) in [6, 6.07) is -0.458. The standard InChI is InChI=1S/C4H10N2O/c1-3(7)4(6)2-5/h4H,2,5-6H2,1H3/t4-/m0/s1. The molecule has 0 aliphatic rings. The van der Waals surface area contributed by atoms with Crippen molar-refractivity contribution >= 4 is 5.78 Å². The highest BCUT2D eigenvalue weighted by Crippen LogP contribution is 1.72. The Morgan fingerprint density at radius 2 is 2.29 bits per heavy atom. The zero-order chi connectivity index (χ0) is 5.86. The van der Waals surface area contributed by atoms with Crippen LogP contribution in [0.25, 0.3) is 0 Å². The van der Waals surface area contributed by atoms with Crippen LogP contribution in [0.3, 0.4) is 0 Å². The average molecular weight is 102 g/mol. The molecule has 0 aromatic rings. The second kappa shape index (κ2) is 2.71. The van der Waals surface area contributed by atoms with Crippen LogP contribution < -0.4 is 11.5 Å². The van der Waals surface area contributed by atoms with E-state index in [0.29, 0.717) is 0 Å². The molecule has 1 atom stereocenters. The van der Waals surface area contributed by atoms with Crippen molar-refractivity contribution in [3.05, 3.63) is 0 Å². The fourth-order valence-electron chi connectivity index (χ4n) is 0.166. The van der Waals surface area contributed by atoms with Gasteiger partial charge in [0.05, 0.1) is 6.04 Å². The Bertz CT molecular complexity index is 72.1. The summed E-state index contributed by atoms with van der Waals surface area (Å²) in [5, 5.41) is 0. The van der Waals surface area contributed by atoms with Gasteiger partial charge in [0.1, 0.15) is 5.78 Å². The zero-order valence-electron chi connectivity index (χ0n) is 4.35. The van der Waals surface area contributed by atoms with Gasteiger partial charge in [0.15, 0.2) is 0 Å². The number of hydrogen-bond donors (Lipinski definition) is 2. The van der Waals surface area contributed by atoms with Gasteiger partial charge in [-0.05, 0) is 6.92 Å². The second-order valence-corrected chi connectivity index (χ2v) is 1.45. The van der Waals surface area contributed by atoms with Gasteiger partial charge in [-0.3, -0.25) is 4.79 Å². The van der Waals surface area contributed by atoms with E-state index in [1.807, 2.05) is 0 Å². The van der Waals surface area contributed by atoms with Crippen molar-refractivity contribution in [2.45, 2.75) is 13.0 Å². The van der Waals surface area contributed by atoms with Crippen molar-refractivity contribution in [1.29, 1.82) is 0 Å². The molecule has 0 heterocycles. The van der Waals surface area contributed by atoms with E-state index < -0.39 is 6.04 Å². The van der Waals surface area contributed by atoms with E-state index in [4.69, 9.17) is 11.5 Å². The molecule has 0 spiro atoms. The van der Waals surface area contributed by atoms with Gasteiger partial charge in [0.2, 0.25) is 0 Å². The number of rotatable bonds is 2. The first-order valence-electron chi connectivity index (χ1n) is 2.14. The molecule has 0 rings (SSSR count). The summed E-state index contributed by atoms with van der Waals surface area (Å²) in [4.78, 5) is 10.2. The quantitative estimate of drug-likeness (QED) is 0.463. The Hall–Kier alpha value is -0.410. The third kappa shape index (κ3) is 2.31. The van der Waals surface area contributed by atoms with Gasteiger partial charge >= 0.3 is 0 Å². The molecule has 0 bridgehead atoms. The van der Waals surface area contributed by atoms with Gasteiger partial charge in [-0.1, -0.05) is 0 Å². The predicted octanol–water partition coefficient (Wildman–Crippen LogP) is -1.14. The lowest BCUT2D eigenvalue weighted by Gasteiger charge is -1.99. The first-order chi connectivity index (χ1) is 3.18. The van der Waals surface area contributed by atoms with Gasteiger partial charge in [-0.2, -0.15) is 0 Å². The Balaban J connectivity index is 3.34. The molecular formula is C4H10N2O. The second-order valence-electron chi connectivity index (χ2n) is 1.45. The van der Waals surface area contributed by atoms with E-state index >= 15 is 0 Å². The molecule has 4 N–H and O–H groups in total. The predicted molar refractivity (Wildman–Crippen MR) is 27.7 cm³/mol. The topological polar surface area (TPSA) is 69.1 Å². The first-order valence-corrected chi connectivity index (χ1v) is 2.14. The van der Waals surface area contributed by atoms with Crippen LogP contribution in [0.1, 0.15) is 6.92 Å². The molecule has 3 nitrogen and oxygen atoms in total. The lowest BCUT2D eigenvalue weighted by atomic mass is 10.2. The smallest absolute Gasteiger partial charge is 0.147 e. The molecule has 0 radical (unpaired) electrons.